The van der Waals surface area contributed by atoms with Crippen LogP contribution in [0.4, 0.5) is 0 Å². The Morgan fingerprint density at radius 2 is 2.20 bits per heavy atom. The Kier molecular flexibility index (Phi) is 4.05. The number of hydrogen-bond acceptors (Lipinski definition) is 5. The van der Waals surface area contributed by atoms with Gasteiger partial charge in [-0.1, -0.05) is 6.07 Å². The summed E-state index contributed by atoms with van der Waals surface area (Å²) in [4.78, 5) is 19.2. The third-order valence-electron chi connectivity index (χ3n) is 4.43. The van der Waals surface area contributed by atoms with Crippen molar-refractivity contribution < 1.29 is 9.53 Å². The van der Waals surface area contributed by atoms with Gasteiger partial charge in [-0.15, -0.1) is 10.2 Å². The minimum absolute atomic E-state index is 0.0771. The van der Waals surface area contributed by atoms with Crippen LogP contribution >= 0.6 is 0 Å². The number of nitrogens with zero attached hydrogens (tertiary/aromatic N) is 5. The number of likely N-dealkylation sites (tertiary alicyclic amines) is 1. The van der Waals surface area contributed by atoms with Gasteiger partial charge in [0.05, 0.1) is 12.6 Å². The van der Waals surface area contributed by atoms with Crippen molar-refractivity contribution in [1.29, 1.82) is 0 Å². The Balaban J connectivity index is 1.69. The smallest absolute Gasteiger partial charge is 0.259 e. The summed E-state index contributed by atoms with van der Waals surface area (Å²) in [6.07, 6.45) is 5.37. The number of aromatic nitrogens is 4. The van der Waals surface area contributed by atoms with Crippen LogP contribution in [-0.4, -0.2) is 43.5 Å². The van der Waals surface area contributed by atoms with Gasteiger partial charge >= 0.3 is 0 Å². The molecule has 128 valence electrons. The molecule has 25 heavy (non-hydrogen) atoms. The van der Waals surface area contributed by atoms with Gasteiger partial charge in [0, 0.05) is 18.9 Å². The van der Waals surface area contributed by atoms with Crippen molar-refractivity contribution in [3.8, 4) is 5.88 Å². The average molecular weight is 337 g/mol. The number of hydrogen-bond donors (Lipinski definition) is 0. The normalized spacial score (nSPS) is 17.2. The van der Waals surface area contributed by atoms with Gasteiger partial charge in [-0.05, 0) is 44.0 Å². The van der Waals surface area contributed by atoms with Crippen molar-refractivity contribution in [3.05, 3.63) is 54.1 Å². The summed E-state index contributed by atoms with van der Waals surface area (Å²) in [5, 5.41) is 8.55. The number of ether oxygens (including phenoxy) is 1. The summed E-state index contributed by atoms with van der Waals surface area (Å²) in [5.74, 6) is 1.10. The van der Waals surface area contributed by atoms with Crippen LogP contribution in [0.1, 0.15) is 42.0 Å². The molecule has 0 bridgehead atoms. The second kappa shape index (κ2) is 6.51. The van der Waals surface area contributed by atoms with Crippen LogP contribution in [-0.2, 0) is 0 Å². The van der Waals surface area contributed by atoms with E-state index in [9.17, 15) is 4.79 Å². The van der Waals surface area contributed by atoms with Gasteiger partial charge in [-0.25, -0.2) is 4.98 Å². The zero-order valence-corrected chi connectivity index (χ0v) is 14.0. The first kappa shape index (κ1) is 15.6. The maximum atomic E-state index is 13.1. The average Bonchev–Trinajstić information content (AvgIpc) is 3.28. The standard InChI is InChI=1S/C18H19N5O2/c1-2-25-17-13(7-5-10-19-17)18(24)22-12-6-8-14(22)16-21-20-15-9-3-4-11-23(15)16/h3-5,7,9-11,14H,2,6,8,12H2,1H3. The second-order valence-electron chi connectivity index (χ2n) is 5.93. The summed E-state index contributed by atoms with van der Waals surface area (Å²) < 4.78 is 7.47. The minimum atomic E-state index is -0.0976. The van der Waals surface area contributed by atoms with Gasteiger partial charge in [0.2, 0.25) is 5.88 Å². The fourth-order valence-corrected chi connectivity index (χ4v) is 3.33. The van der Waals surface area contributed by atoms with Crippen LogP contribution in [0.25, 0.3) is 5.65 Å². The molecule has 1 fully saturated rings. The fraction of sp³-hybridized carbons (Fsp3) is 0.333. The number of carbonyl (C=O) groups excluding carboxylic acids is 1. The highest BCUT2D eigenvalue weighted by atomic mass is 16.5. The van der Waals surface area contributed by atoms with E-state index in [1.54, 1.807) is 18.3 Å². The van der Waals surface area contributed by atoms with Crippen molar-refractivity contribution in [2.75, 3.05) is 13.2 Å². The molecule has 0 saturated carbocycles. The minimum Gasteiger partial charge on any atom is -0.477 e. The molecule has 4 heterocycles. The predicted octanol–water partition coefficient (Wildman–Crippen LogP) is 2.50. The summed E-state index contributed by atoms with van der Waals surface area (Å²) in [6.45, 7) is 3.03. The number of rotatable bonds is 4. The van der Waals surface area contributed by atoms with E-state index in [1.165, 1.54) is 0 Å². The van der Waals surface area contributed by atoms with E-state index < -0.39 is 0 Å². The lowest BCUT2D eigenvalue weighted by atomic mass is 10.1. The SMILES string of the molecule is CCOc1ncccc1C(=O)N1CCCC1c1nnc2ccccn12. The first-order valence-corrected chi connectivity index (χ1v) is 8.48. The molecule has 0 spiro atoms. The third kappa shape index (κ3) is 2.71. The van der Waals surface area contributed by atoms with Crippen molar-refractivity contribution in [1.82, 2.24) is 24.5 Å². The van der Waals surface area contributed by atoms with Crippen molar-refractivity contribution in [3.63, 3.8) is 0 Å². The Bertz CT molecular complexity index is 907. The highest BCUT2D eigenvalue weighted by molar-refractivity contribution is 5.96. The molecule has 0 aromatic carbocycles. The molecule has 0 N–H and O–H groups in total. The van der Waals surface area contributed by atoms with E-state index in [4.69, 9.17) is 4.74 Å². The molecule has 7 heteroatoms. The topological polar surface area (TPSA) is 72.6 Å². The molecule has 1 saturated heterocycles. The first-order valence-electron chi connectivity index (χ1n) is 8.48. The van der Waals surface area contributed by atoms with Crippen molar-refractivity contribution in [2.24, 2.45) is 0 Å². The van der Waals surface area contributed by atoms with E-state index in [1.807, 2.05) is 40.6 Å². The largest absolute Gasteiger partial charge is 0.477 e. The molecule has 3 aromatic rings. The maximum Gasteiger partial charge on any atom is 0.259 e. The van der Waals surface area contributed by atoms with Gasteiger partial charge in [0.1, 0.15) is 5.56 Å². The lowest BCUT2D eigenvalue weighted by molar-refractivity contribution is 0.0724. The van der Waals surface area contributed by atoms with Gasteiger partial charge in [0.15, 0.2) is 11.5 Å². The van der Waals surface area contributed by atoms with Crippen LogP contribution in [0.5, 0.6) is 5.88 Å². The number of pyridine rings is 2. The molecule has 1 aliphatic heterocycles. The monoisotopic (exact) mass is 337 g/mol. The lowest BCUT2D eigenvalue weighted by Crippen LogP contribution is -2.32. The molecule has 0 aliphatic carbocycles. The molecule has 3 aromatic heterocycles. The van der Waals surface area contributed by atoms with Crippen LogP contribution in [0.15, 0.2) is 42.7 Å². The molecule has 1 aliphatic rings. The highest BCUT2D eigenvalue weighted by Gasteiger charge is 2.35. The fourth-order valence-electron chi connectivity index (χ4n) is 3.33. The van der Waals surface area contributed by atoms with E-state index in [0.29, 0.717) is 24.6 Å². The molecule has 1 unspecified atom stereocenters. The van der Waals surface area contributed by atoms with Crippen LogP contribution in [0, 0.1) is 0 Å². The molecule has 7 nitrogen and oxygen atoms in total. The highest BCUT2D eigenvalue weighted by Crippen LogP contribution is 2.33. The van der Waals surface area contributed by atoms with Gasteiger partial charge in [-0.3, -0.25) is 9.20 Å². The second-order valence-corrected chi connectivity index (χ2v) is 5.93. The molecular formula is C18H19N5O2. The number of amides is 1. The Labute approximate surface area is 145 Å². The third-order valence-corrected chi connectivity index (χ3v) is 4.43. The molecule has 0 radical (unpaired) electrons. The van der Waals surface area contributed by atoms with Crippen molar-refractivity contribution >= 4 is 11.6 Å². The molecule has 1 amide bonds. The van der Waals surface area contributed by atoms with Crippen LogP contribution < -0.4 is 4.74 Å². The van der Waals surface area contributed by atoms with Gasteiger partial charge in [0.25, 0.3) is 5.91 Å². The van der Waals surface area contributed by atoms with E-state index in [2.05, 4.69) is 15.2 Å². The lowest BCUT2D eigenvalue weighted by Gasteiger charge is -2.24. The van der Waals surface area contributed by atoms with E-state index >= 15 is 0 Å². The van der Waals surface area contributed by atoms with Crippen molar-refractivity contribution in [2.45, 2.75) is 25.8 Å². The zero-order valence-electron chi connectivity index (χ0n) is 14.0. The van der Waals surface area contributed by atoms with E-state index in [-0.39, 0.29) is 11.9 Å². The maximum absolute atomic E-state index is 13.1. The Morgan fingerprint density at radius 3 is 3.08 bits per heavy atom. The molecule has 4 rings (SSSR count). The molecular weight excluding hydrogens is 318 g/mol. The van der Waals surface area contributed by atoms with Crippen LogP contribution in [0.2, 0.25) is 0 Å². The van der Waals surface area contributed by atoms with Gasteiger partial charge in [-0.2, -0.15) is 0 Å². The Hall–Kier alpha value is -2.96. The zero-order chi connectivity index (χ0) is 17.2. The van der Waals surface area contributed by atoms with E-state index in [0.717, 1.165) is 24.3 Å². The summed E-state index contributed by atoms with van der Waals surface area (Å²) in [7, 11) is 0. The van der Waals surface area contributed by atoms with Gasteiger partial charge < -0.3 is 9.64 Å². The predicted molar refractivity (Wildman–Crippen MR) is 91.4 cm³/mol. The Morgan fingerprint density at radius 1 is 1.28 bits per heavy atom. The van der Waals surface area contributed by atoms with Crippen LogP contribution in [0.3, 0.4) is 0 Å². The summed E-state index contributed by atoms with van der Waals surface area (Å²) >= 11 is 0. The molecule has 1 atom stereocenters. The number of fused-ring (bicyclic) bond motifs is 1. The summed E-state index contributed by atoms with van der Waals surface area (Å²) in [5.41, 5.74) is 1.28. The summed E-state index contributed by atoms with van der Waals surface area (Å²) in [6, 6.07) is 9.20. The first-order chi connectivity index (χ1) is 12.3. The number of carbonyl (C=O) groups is 1. The quantitative estimate of drug-likeness (QED) is 0.731.